The van der Waals surface area contributed by atoms with Crippen LogP contribution in [0.3, 0.4) is 0 Å². The van der Waals surface area contributed by atoms with E-state index < -0.39 is 74.3 Å². The predicted octanol–water partition coefficient (Wildman–Crippen LogP) is 5.56. The van der Waals surface area contributed by atoms with E-state index in [0.717, 1.165) is 54.8 Å². The SMILES string of the molecule is CC(C)CCC[C@@H](C)[C@H]1CCC2C3CC=C4C[C@H](OCC(=O)CCO[C@@H]5C(C)C(O)OC(CO)[C@@H]5O[C@@H]5OC(CO)[C@H](O)[C@H](O)C5C)CC[C@]4(C)C3CC[C@@]21C. The first kappa shape index (κ1) is 44.6. The molecule has 0 aromatic heterocycles. The highest BCUT2D eigenvalue weighted by Crippen LogP contribution is 2.67. The molecule has 8 unspecified atom stereocenters. The van der Waals surface area contributed by atoms with Crippen molar-refractivity contribution in [2.45, 2.75) is 181 Å². The number of Topliss-reactive ketones (excluding diaryl/α,β-unsaturated/α-hetero) is 1. The molecule has 322 valence electrons. The summed E-state index contributed by atoms with van der Waals surface area (Å²) in [6, 6.07) is 0. The second-order valence-electron chi connectivity index (χ2n) is 19.9. The Labute approximate surface area is 336 Å². The summed E-state index contributed by atoms with van der Waals surface area (Å²) in [4.78, 5) is 13.1. The fourth-order valence-electron chi connectivity index (χ4n) is 12.5. The van der Waals surface area contributed by atoms with E-state index in [1.807, 2.05) is 0 Å². The molecule has 18 atom stereocenters. The van der Waals surface area contributed by atoms with E-state index in [-0.39, 0.29) is 36.9 Å². The highest BCUT2D eigenvalue weighted by Gasteiger charge is 2.59. The van der Waals surface area contributed by atoms with Gasteiger partial charge in [-0.3, -0.25) is 4.79 Å². The molecule has 56 heavy (non-hydrogen) atoms. The summed E-state index contributed by atoms with van der Waals surface area (Å²) in [5, 5.41) is 51.3. The van der Waals surface area contributed by atoms with Crippen LogP contribution in [0.25, 0.3) is 0 Å². The Balaban J connectivity index is 0.993. The summed E-state index contributed by atoms with van der Waals surface area (Å²) in [5.41, 5.74) is 2.24. The Hall–Kier alpha value is -0.990. The molecule has 0 bridgehead atoms. The molecule has 2 heterocycles. The number of ketones is 1. The van der Waals surface area contributed by atoms with E-state index in [9.17, 15) is 30.3 Å². The van der Waals surface area contributed by atoms with E-state index in [2.05, 4.69) is 40.7 Å². The molecule has 0 aromatic rings. The van der Waals surface area contributed by atoms with Crippen LogP contribution in [0, 0.1) is 58.2 Å². The molecular weight excluding hydrogens is 716 g/mol. The van der Waals surface area contributed by atoms with Crippen molar-refractivity contribution in [3.8, 4) is 0 Å². The second kappa shape index (κ2) is 18.7. The normalized spacial score (nSPS) is 45.8. The monoisotopic (exact) mass is 793 g/mol. The van der Waals surface area contributed by atoms with Crippen molar-refractivity contribution in [2.24, 2.45) is 58.2 Å². The lowest BCUT2D eigenvalue weighted by Gasteiger charge is -2.58. The minimum absolute atomic E-state index is 0.0165. The molecule has 2 aliphatic heterocycles. The van der Waals surface area contributed by atoms with E-state index >= 15 is 0 Å². The number of allylic oxidation sites excluding steroid dienone is 1. The zero-order chi connectivity index (χ0) is 40.5. The molecule has 0 aromatic carbocycles. The Morgan fingerprint density at radius 1 is 0.875 bits per heavy atom. The van der Waals surface area contributed by atoms with Crippen molar-refractivity contribution in [3.05, 3.63) is 11.6 Å². The van der Waals surface area contributed by atoms with Crippen LogP contribution in [0.5, 0.6) is 0 Å². The van der Waals surface area contributed by atoms with E-state index in [0.29, 0.717) is 5.41 Å². The van der Waals surface area contributed by atoms with E-state index in [1.54, 1.807) is 19.4 Å². The third-order valence-electron chi connectivity index (χ3n) is 16.1. The lowest BCUT2D eigenvalue weighted by Crippen LogP contribution is -2.61. The summed E-state index contributed by atoms with van der Waals surface area (Å²) < 4.78 is 30.1. The van der Waals surface area contributed by atoms with Gasteiger partial charge in [-0.15, -0.1) is 0 Å². The average Bonchev–Trinajstić information content (AvgIpc) is 3.53. The molecule has 11 heteroatoms. The van der Waals surface area contributed by atoms with Gasteiger partial charge in [0.15, 0.2) is 18.4 Å². The molecule has 3 saturated carbocycles. The molecule has 0 amide bonds. The summed E-state index contributed by atoms with van der Waals surface area (Å²) in [6.45, 7) is 14.9. The van der Waals surface area contributed by atoms with Gasteiger partial charge in [0.1, 0.15) is 31.0 Å². The van der Waals surface area contributed by atoms with E-state index in [1.165, 1.54) is 51.4 Å². The molecule has 6 rings (SSSR count). The molecule has 5 N–H and O–H groups in total. The number of hydrogen-bond acceptors (Lipinski definition) is 11. The molecule has 11 nitrogen and oxygen atoms in total. The van der Waals surface area contributed by atoms with Crippen LogP contribution in [0.4, 0.5) is 0 Å². The van der Waals surface area contributed by atoms with Gasteiger partial charge in [0.25, 0.3) is 0 Å². The Morgan fingerprint density at radius 2 is 1.62 bits per heavy atom. The number of ether oxygens (including phenoxy) is 5. The minimum atomic E-state index is -1.29. The van der Waals surface area contributed by atoms with E-state index in [4.69, 9.17) is 23.7 Å². The molecule has 6 aliphatic rings. The van der Waals surface area contributed by atoms with Crippen molar-refractivity contribution in [1.82, 2.24) is 0 Å². The standard InChI is InChI=1S/C45H76O11/c1-25(2)9-8-10-26(3)33-13-14-34-32-12-11-29-21-31(15-18-44(29,6)35(32)16-19-45(33,34)7)53-24-30(48)17-20-52-40-28(5)42(51)54-37(23-47)41(40)56-43-27(4)38(49)39(50)36(22-46)55-43/h11,25-28,31-43,46-47,49-51H,8-10,12-24H2,1-7H3/t26-,27?,28?,31-,32?,33-,34?,35?,36?,37?,38-,39+,40-,41+,42?,43+,44+,45-/m1/s1. The largest absolute Gasteiger partial charge is 0.394 e. The van der Waals surface area contributed by atoms with Crippen LogP contribution in [0.2, 0.25) is 0 Å². The molecule has 4 aliphatic carbocycles. The summed E-state index contributed by atoms with van der Waals surface area (Å²) in [6.07, 6.45) is 7.91. The smallest absolute Gasteiger partial charge is 0.163 e. The number of rotatable bonds is 16. The fourth-order valence-corrected chi connectivity index (χ4v) is 12.5. The molecule has 2 saturated heterocycles. The third-order valence-corrected chi connectivity index (χ3v) is 16.1. The zero-order valence-corrected chi connectivity index (χ0v) is 35.4. The minimum Gasteiger partial charge on any atom is -0.394 e. The van der Waals surface area contributed by atoms with Crippen LogP contribution in [0.15, 0.2) is 11.6 Å². The topological polar surface area (TPSA) is 164 Å². The van der Waals surface area contributed by atoms with Crippen LogP contribution < -0.4 is 0 Å². The number of carbonyl (C=O) groups is 1. The van der Waals surface area contributed by atoms with Gasteiger partial charge in [-0.2, -0.15) is 0 Å². The Morgan fingerprint density at radius 3 is 2.34 bits per heavy atom. The zero-order valence-electron chi connectivity index (χ0n) is 35.4. The Kier molecular flexibility index (Phi) is 14.9. The van der Waals surface area contributed by atoms with Crippen molar-refractivity contribution < 1.29 is 54.0 Å². The van der Waals surface area contributed by atoms with Crippen molar-refractivity contribution >= 4 is 5.78 Å². The average molecular weight is 793 g/mol. The molecule has 0 spiro atoms. The van der Waals surface area contributed by atoms with Gasteiger partial charge in [-0.05, 0) is 97.7 Å². The lowest BCUT2D eigenvalue weighted by molar-refractivity contribution is -0.343. The number of fused-ring (bicyclic) bond motifs is 5. The molecule has 0 radical (unpaired) electrons. The molecular formula is C45H76O11. The van der Waals surface area contributed by atoms with Crippen molar-refractivity contribution in [2.75, 3.05) is 26.4 Å². The van der Waals surface area contributed by atoms with Gasteiger partial charge < -0.3 is 49.2 Å². The summed E-state index contributed by atoms with van der Waals surface area (Å²) in [7, 11) is 0. The first-order valence-corrected chi connectivity index (χ1v) is 22.3. The summed E-state index contributed by atoms with van der Waals surface area (Å²) in [5.74, 6) is 3.49. The number of aliphatic hydroxyl groups excluding tert-OH is 5. The van der Waals surface area contributed by atoms with Crippen molar-refractivity contribution in [1.29, 1.82) is 0 Å². The number of carbonyl (C=O) groups excluding carboxylic acids is 1. The van der Waals surface area contributed by atoms with Gasteiger partial charge in [0.05, 0.1) is 38.1 Å². The first-order valence-electron chi connectivity index (χ1n) is 22.3. The fraction of sp³-hybridized carbons (Fsp3) is 0.933. The van der Waals surface area contributed by atoms with Crippen LogP contribution in [-0.4, -0.2) is 113 Å². The van der Waals surface area contributed by atoms with Crippen LogP contribution in [0.1, 0.15) is 126 Å². The van der Waals surface area contributed by atoms with Gasteiger partial charge in [-0.1, -0.05) is 79.4 Å². The second-order valence-corrected chi connectivity index (χ2v) is 19.9. The molecule has 5 fully saturated rings. The maximum absolute atomic E-state index is 13.1. The summed E-state index contributed by atoms with van der Waals surface area (Å²) >= 11 is 0. The van der Waals surface area contributed by atoms with Crippen LogP contribution >= 0.6 is 0 Å². The van der Waals surface area contributed by atoms with Gasteiger partial charge in [-0.25, -0.2) is 0 Å². The highest BCUT2D eigenvalue weighted by atomic mass is 16.7. The van der Waals surface area contributed by atoms with Gasteiger partial charge in [0.2, 0.25) is 0 Å². The van der Waals surface area contributed by atoms with Crippen LogP contribution in [-0.2, 0) is 28.5 Å². The first-order chi connectivity index (χ1) is 26.6. The predicted molar refractivity (Wildman–Crippen MR) is 211 cm³/mol. The van der Waals surface area contributed by atoms with Gasteiger partial charge >= 0.3 is 0 Å². The third kappa shape index (κ3) is 9.03. The Bertz CT molecular complexity index is 1320. The number of aliphatic hydroxyl groups is 5. The van der Waals surface area contributed by atoms with Gasteiger partial charge in [0, 0.05) is 18.3 Å². The lowest BCUT2D eigenvalue weighted by atomic mass is 9.47. The number of hydrogen-bond donors (Lipinski definition) is 5. The highest BCUT2D eigenvalue weighted by molar-refractivity contribution is 5.79. The maximum Gasteiger partial charge on any atom is 0.163 e. The van der Waals surface area contributed by atoms with Crippen molar-refractivity contribution in [3.63, 3.8) is 0 Å². The quantitative estimate of drug-likeness (QED) is 0.124. The maximum atomic E-state index is 13.1.